The van der Waals surface area contributed by atoms with E-state index in [9.17, 15) is 0 Å². The van der Waals surface area contributed by atoms with E-state index in [1.165, 1.54) is 12.1 Å². The van der Waals surface area contributed by atoms with Gasteiger partial charge in [0.05, 0.1) is 0 Å². The van der Waals surface area contributed by atoms with E-state index < -0.39 is 0 Å². The molecule has 1 rings (SSSR count). The summed E-state index contributed by atoms with van der Waals surface area (Å²) in [7, 11) is 0. The molecule has 0 amide bonds. The van der Waals surface area contributed by atoms with E-state index in [2.05, 4.69) is 0 Å². The molecule has 50 valence electrons. The van der Waals surface area contributed by atoms with Gasteiger partial charge in [0.15, 0.2) is 11.5 Å². The molecule has 1 aromatic rings. The Kier molecular flexibility index (Phi) is 3.55. The quantitative estimate of drug-likeness (QED) is 0.518. The minimum absolute atomic E-state index is 0. The second-order valence-corrected chi connectivity index (χ2v) is 1.49. The molecule has 0 saturated carbocycles. The zero-order chi connectivity index (χ0) is 5.98. The third-order valence-corrected chi connectivity index (χ3v) is 0.882. The first-order valence-electron chi connectivity index (χ1n) is 2.27. The van der Waals surface area contributed by atoms with Gasteiger partial charge in [-0.05, 0) is 12.1 Å². The second kappa shape index (κ2) is 3.68. The van der Waals surface area contributed by atoms with Crippen molar-refractivity contribution in [2.75, 3.05) is 0 Å². The molecule has 0 aromatic heterocycles. The molecule has 1 aromatic carbocycles. The average Bonchev–Trinajstić information content (AvgIpc) is 1.77. The van der Waals surface area contributed by atoms with Crippen LogP contribution in [0.2, 0.25) is 0 Å². The molecule has 0 unspecified atom stereocenters. The van der Waals surface area contributed by atoms with Crippen LogP contribution in [0.25, 0.3) is 0 Å². The molecule has 0 saturated heterocycles. The summed E-state index contributed by atoms with van der Waals surface area (Å²) in [6.45, 7) is 0. The van der Waals surface area contributed by atoms with Gasteiger partial charge in [-0.1, -0.05) is 12.1 Å². The Bertz CT molecular complexity index is 167. The zero-order valence-corrected chi connectivity index (χ0v) is 10.4. The Morgan fingerprint density at radius 1 is 0.889 bits per heavy atom. The Labute approximate surface area is 72.3 Å². The van der Waals surface area contributed by atoms with Crippen molar-refractivity contribution in [2.45, 2.75) is 0 Å². The fourth-order valence-electron chi connectivity index (χ4n) is 0.464. The van der Waals surface area contributed by atoms with Crippen molar-refractivity contribution in [2.24, 2.45) is 0 Å². The van der Waals surface area contributed by atoms with Crippen molar-refractivity contribution in [1.82, 2.24) is 0 Å². The van der Waals surface area contributed by atoms with E-state index in [4.69, 9.17) is 10.2 Å². The number of para-hydroxylation sites is 2. The number of benzene rings is 1. The van der Waals surface area contributed by atoms with Gasteiger partial charge in [-0.25, -0.2) is 0 Å². The molecule has 0 aliphatic carbocycles. The number of phenols is 2. The molecular formula is C6H9BiO2. The van der Waals surface area contributed by atoms with Crippen molar-refractivity contribution in [3.8, 4) is 11.5 Å². The molecule has 0 radical (unpaired) electrons. The first-order valence-corrected chi connectivity index (χ1v) is 2.27. The molecule has 0 fully saturated rings. The van der Waals surface area contributed by atoms with Gasteiger partial charge in [0.1, 0.15) is 0 Å². The minimum atomic E-state index is -0.0764. The first-order chi connectivity index (χ1) is 3.80. The van der Waals surface area contributed by atoms with Crippen LogP contribution in [0.3, 0.4) is 0 Å². The van der Waals surface area contributed by atoms with E-state index in [0.29, 0.717) is 0 Å². The van der Waals surface area contributed by atoms with Gasteiger partial charge in [-0.2, -0.15) is 0 Å². The molecule has 0 heterocycles. The molecule has 0 bridgehead atoms. The van der Waals surface area contributed by atoms with E-state index in [1.54, 1.807) is 12.1 Å². The molecule has 0 spiro atoms. The van der Waals surface area contributed by atoms with E-state index in [-0.39, 0.29) is 37.7 Å². The zero-order valence-electron chi connectivity index (χ0n) is 4.91. The number of phenolic OH excluding ortho intramolecular Hbond substituents is 2. The average molecular weight is 322 g/mol. The summed E-state index contributed by atoms with van der Waals surface area (Å²) in [4.78, 5) is 0. The summed E-state index contributed by atoms with van der Waals surface area (Å²) in [6, 6.07) is 6.15. The van der Waals surface area contributed by atoms with Gasteiger partial charge in [-0.15, -0.1) is 0 Å². The molecule has 2 nitrogen and oxygen atoms in total. The number of hydrogen-bond donors (Lipinski definition) is 2. The summed E-state index contributed by atoms with van der Waals surface area (Å²) in [5.74, 6) is -0.153. The van der Waals surface area contributed by atoms with Gasteiger partial charge < -0.3 is 10.2 Å². The topological polar surface area (TPSA) is 40.5 Å². The first kappa shape index (κ1) is 8.70. The van der Waals surface area contributed by atoms with Gasteiger partial charge in [0.25, 0.3) is 0 Å². The summed E-state index contributed by atoms with van der Waals surface area (Å²) in [5.41, 5.74) is 0. The van der Waals surface area contributed by atoms with Crippen LogP contribution in [-0.2, 0) is 0 Å². The Hall–Kier alpha value is -0.297. The SMILES string of the molecule is Oc1ccccc1O.[BiH3]. The van der Waals surface area contributed by atoms with E-state index in [0.717, 1.165) is 0 Å². The van der Waals surface area contributed by atoms with Gasteiger partial charge in [0.2, 0.25) is 0 Å². The van der Waals surface area contributed by atoms with Crippen LogP contribution in [0.1, 0.15) is 0 Å². The van der Waals surface area contributed by atoms with Crippen LogP contribution < -0.4 is 0 Å². The van der Waals surface area contributed by atoms with Crippen molar-refractivity contribution < 1.29 is 10.2 Å². The number of aromatic hydroxyl groups is 2. The number of hydrogen-bond acceptors (Lipinski definition) is 2. The van der Waals surface area contributed by atoms with Crippen molar-refractivity contribution >= 4 is 26.2 Å². The Morgan fingerprint density at radius 2 is 1.22 bits per heavy atom. The normalized spacial score (nSPS) is 8.00. The predicted octanol–water partition coefficient (Wildman–Crippen LogP) is -0.0861. The maximum absolute atomic E-state index is 8.67. The Morgan fingerprint density at radius 3 is 1.44 bits per heavy atom. The fourth-order valence-corrected chi connectivity index (χ4v) is 0.464. The molecular weight excluding hydrogens is 313 g/mol. The van der Waals surface area contributed by atoms with Crippen LogP contribution in [0, 0.1) is 0 Å². The van der Waals surface area contributed by atoms with Gasteiger partial charge in [-0.3, -0.25) is 0 Å². The van der Waals surface area contributed by atoms with Gasteiger partial charge >= 0.3 is 26.2 Å². The van der Waals surface area contributed by atoms with Crippen molar-refractivity contribution in [3.63, 3.8) is 0 Å². The Balaban J connectivity index is 0.000000640. The predicted molar refractivity (Wildman–Crippen MR) is 39.7 cm³/mol. The molecule has 9 heavy (non-hydrogen) atoms. The van der Waals surface area contributed by atoms with E-state index >= 15 is 0 Å². The third-order valence-electron chi connectivity index (χ3n) is 0.882. The summed E-state index contributed by atoms with van der Waals surface area (Å²) in [5, 5.41) is 17.3. The standard InChI is InChI=1S/C6H6O2.Bi.3H/c7-5-3-1-2-4-6(5)8;;;;/h1-4,7-8H;;;;. The van der Waals surface area contributed by atoms with Crippen LogP contribution in [-0.4, -0.2) is 36.4 Å². The molecule has 0 atom stereocenters. The van der Waals surface area contributed by atoms with Crippen molar-refractivity contribution in [1.29, 1.82) is 0 Å². The van der Waals surface area contributed by atoms with Crippen LogP contribution in [0.15, 0.2) is 24.3 Å². The second-order valence-electron chi connectivity index (χ2n) is 1.49. The molecule has 2 N–H and O–H groups in total. The molecule has 0 aliphatic heterocycles. The number of rotatable bonds is 0. The van der Waals surface area contributed by atoms with Crippen molar-refractivity contribution in [3.05, 3.63) is 24.3 Å². The van der Waals surface area contributed by atoms with E-state index in [1.807, 2.05) is 0 Å². The van der Waals surface area contributed by atoms with Crippen LogP contribution in [0.4, 0.5) is 0 Å². The molecule has 0 aliphatic rings. The fraction of sp³-hybridized carbons (Fsp3) is 0. The molecule has 3 heteroatoms. The summed E-state index contributed by atoms with van der Waals surface area (Å²) in [6.07, 6.45) is 0. The maximum atomic E-state index is 8.67. The van der Waals surface area contributed by atoms with Crippen LogP contribution in [0.5, 0.6) is 11.5 Å². The van der Waals surface area contributed by atoms with Crippen LogP contribution >= 0.6 is 0 Å². The van der Waals surface area contributed by atoms with Gasteiger partial charge in [0, 0.05) is 0 Å². The summed E-state index contributed by atoms with van der Waals surface area (Å²) >= 11 is 0. The third kappa shape index (κ3) is 2.19. The monoisotopic (exact) mass is 322 g/mol. The summed E-state index contributed by atoms with van der Waals surface area (Å²) < 4.78 is 0.